The maximum atomic E-state index is 13.1. The van der Waals surface area contributed by atoms with Crippen LogP contribution in [0.4, 0.5) is 0 Å². The van der Waals surface area contributed by atoms with Crippen LogP contribution < -0.4 is 0 Å². The van der Waals surface area contributed by atoms with Crippen LogP contribution in [0.3, 0.4) is 0 Å². The van der Waals surface area contributed by atoms with Gasteiger partial charge in [0.05, 0.1) is 26.4 Å². The molecular weight excluding hydrogens is 1350 g/mol. The Morgan fingerprint density at radius 1 is 0.279 bits per heavy atom. The van der Waals surface area contributed by atoms with Gasteiger partial charge in [0.1, 0.15) is 19.3 Å². The van der Waals surface area contributed by atoms with Gasteiger partial charge in [-0.1, -0.05) is 270 Å². The average molecular weight is 1500 g/mol. The van der Waals surface area contributed by atoms with Crippen LogP contribution in [0.5, 0.6) is 0 Å². The molecule has 0 rings (SSSR count). The number of hydrogen-bond acceptors (Lipinski definition) is 15. The fraction of sp³-hybridized carbons (Fsp3) is 0.671. The molecule has 0 fully saturated rings. The normalized spacial score (nSPS) is 14.6. The van der Waals surface area contributed by atoms with Crippen LogP contribution in [0.1, 0.15) is 310 Å². The summed E-state index contributed by atoms with van der Waals surface area (Å²) in [5.41, 5.74) is 0. The van der Waals surface area contributed by atoms with E-state index in [9.17, 15) is 43.2 Å². The number of aliphatic hydroxyl groups is 1. The van der Waals surface area contributed by atoms with E-state index in [1.165, 1.54) is 32.1 Å². The molecular formula is C85H142O17P2. The van der Waals surface area contributed by atoms with Gasteiger partial charge in [-0.05, 0) is 161 Å². The topological polar surface area (TPSA) is 237 Å². The maximum absolute atomic E-state index is 13.1. The lowest BCUT2D eigenvalue weighted by Crippen LogP contribution is -2.30. The Labute approximate surface area is 630 Å². The highest BCUT2D eigenvalue weighted by molar-refractivity contribution is 7.47. The van der Waals surface area contributed by atoms with Crippen molar-refractivity contribution in [3.05, 3.63) is 146 Å². The maximum Gasteiger partial charge on any atom is 0.472 e. The molecule has 17 nitrogen and oxygen atoms in total. The predicted octanol–water partition coefficient (Wildman–Crippen LogP) is 23.4. The number of hydrogen-bond donors (Lipinski definition) is 3. The van der Waals surface area contributed by atoms with Crippen molar-refractivity contribution in [2.45, 2.75) is 329 Å². The van der Waals surface area contributed by atoms with Gasteiger partial charge in [0, 0.05) is 25.7 Å². The summed E-state index contributed by atoms with van der Waals surface area (Å²) in [6.45, 7) is 4.50. The van der Waals surface area contributed by atoms with Gasteiger partial charge in [-0.15, -0.1) is 0 Å². The Hall–Kier alpha value is -5.06. The first-order valence-electron chi connectivity index (χ1n) is 40.1. The molecule has 0 aromatic carbocycles. The molecule has 0 bridgehead atoms. The average Bonchev–Trinajstić information content (AvgIpc) is 0.928. The number of allylic oxidation sites excluding steroid dienone is 24. The fourth-order valence-electron chi connectivity index (χ4n) is 10.2. The van der Waals surface area contributed by atoms with E-state index in [2.05, 4.69) is 174 Å². The number of unbranched alkanes of at least 4 members (excludes halogenated alkanes) is 24. The Bertz CT molecular complexity index is 2540. The summed E-state index contributed by atoms with van der Waals surface area (Å²) in [5.74, 6) is -2.26. The van der Waals surface area contributed by atoms with Gasteiger partial charge in [-0.25, -0.2) is 9.13 Å². The Morgan fingerprint density at radius 3 is 0.817 bits per heavy atom. The summed E-state index contributed by atoms with van der Waals surface area (Å²) in [6, 6.07) is 0. The zero-order valence-corrected chi connectivity index (χ0v) is 66.7. The van der Waals surface area contributed by atoms with Crippen LogP contribution in [0, 0.1) is 0 Å². The van der Waals surface area contributed by atoms with Gasteiger partial charge in [0.25, 0.3) is 0 Å². The van der Waals surface area contributed by atoms with E-state index in [1.807, 2.05) is 0 Å². The van der Waals surface area contributed by atoms with Crippen LogP contribution in [0.25, 0.3) is 0 Å². The van der Waals surface area contributed by atoms with E-state index < -0.39 is 97.5 Å². The molecule has 0 heterocycles. The number of ether oxygens (including phenoxy) is 4. The first-order valence-corrected chi connectivity index (χ1v) is 43.1. The smallest absolute Gasteiger partial charge is 0.462 e. The quantitative estimate of drug-likeness (QED) is 0.0169. The molecule has 0 aliphatic heterocycles. The van der Waals surface area contributed by atoms with Crippen molar-refractivity contribution in [1.29, 1.82) is 0 Å². The Kier molecular flexibility index (Phi) is 72.4. The number of rotatable bonds is 74. The number of carbonyl (C=O) groups is 4. The molecule has 104 heavy (non-hydrogen) atoms. The van der Waals surface area contributed by atoms with Crippen molar-refractivity contribution in [2.75, 3.05) is 39.6 Å². The summed E-state index contributed by atoms with van der Waals surface area (Å²) in [6.07, 6.45) is 86.8. The van der Waals surface area contributed by atoms with Crippen molar-refractivity contribution in [3.8, 4) is 0 Å². The van der Waals surface area contributed by atoms with Crippen molar-refractivity contribution < 1.29 is 80.2 Å². The summed E-state index contributed by atoms with van der Waals surface area (Å²) < 4.78 is 68.5. The predicted molar refractivity (Wildman–Crippen MR) is 427 cm³/mol. The monoisotopic (exact) mass is 1500 g/mol. The third-order valence-corrected chi connectivity index (χ3v) is 18.2. The zero-order valence-electron chi connectivity index (χ0n) is 64.9. The minimum Gasteiger partial charge on any atom is -0.462 e. The van der Waals surface area contributed by atoms with Crippen molar-refractivity contribution in [2.24, 2.45) is 0 Å². The van der Waals surface area contributed by atoms with Crippen molar-refractivity contribution in [1.82, 2.24) is 0 Å². The molecule has 0 aliphatic carbocycles. The minimum atomic E-state index is -5.00. The Morgan fingerprint density at radius 2 is 0.510 bits per heavy atom. The summed E-state index contributed by atoms with van der Waals surface area (Å²) in [5, 5.41) is 10.6. The van der Waals surface area contributed by atoms with E-state index in [4.69, 9.17) is 37.0 Å². The summed E-state index contributed by atoms with van der Waals surface area (Å²) in [4.78, 5) is 73.0. The third-order valence-electron chi connectivity index (χ3n) is 16.3. The highest BCUT2D eigenvalue weighted by Gasteiger charge is 2.30. The van der Waals surface area contributed by atoms with Crippen LogP contribution in [0.2, 0.25) is 0 Å². The highest BCUT2D eigenvalue weighted by Crippen LogP contribution is 2.45. The molecule has 5 atom stereocenters. The zero-order chi connectivity index (χ0) is 76.0. The molecule has 0 aliphatic rings. The lowest BCUT2D eigenvalue weighted by molar-refractivity contribution is -0.161. The molecule has 5 unspecified atom stereocenters. The molecule has 0 amide bonds. The molecule has 0 saturated carbocycles. The lowest BCUT2D eigenvalue weighted by atomic mass is 10.1. The van der Waals surface area contributed by atoms with Gasteiger partial charge in [-0.2, -0.15) is 0 Å². The molecule has 0 aromatic heterocycles. The summed E-state index contributed by atoms with van der Waals surface area (Å²) >= 11 is 0. The largest absolute Gasteiger partial charge is 0.472 e. The van der Waals surface area contributed by atoms with Gasteiger partial charge in [0.15, 0.2) is 12.2 Å². The standard InChI is InChI=1S/C85H142O17P2/c1-5-9-13-17-21-25-29-32-35-37-39-41-44-47-51-54-58-62-66-70-83(88)96-76-81(102-85(90)72-68-64-60-56-52-48-45-42-40-38-36-33-30-26-22-18-14-10-6-2)78-100-104(93,94)98-74-79(86)73-97-103(91,92)99-77-80(101-84(89)71-67-63-59-55-49-28-24-20-16-12-8-4)75-95-82(87)69-65-61-57-53-50-46-43-34-31-27-23-19-15-11-7-3/h9,11,13,15,20-27,32-36,39-43,47,51,79-81,86H,5-8,10,12,14,16-19,28-31,37-38,44-46,48-50,52-78H2,1-4H3,(H,91,92)(H,93,94)/b13-9-,15-11-,24-20-,25-21-,26-22-,27-23-,35-32-,36-33-,41-39-,42-40-,43-34-,51-47-. The molecule has 0 radical (unpaired) electrons. The molecule has 0 aromatic rings. The van der Waals surface area contributed by atoms with Crippen LogP contribution in [-0.4, -0.2) is 96.7 Å². The number of phosphoric acid groups is 2. The molecule has 19 heteroatoms. The van der Waals surface area contributed by atoms with E-state index in [0.717, 1.165) is 199 Å². The van der Waals surface area contributed by atoms with Gasteiger partial charge >= 0.3 is 39.5 Å². The fourth-order valence-corrected chi connectivity index (χ4v) is 11.8. The number of aliphatic hydroxyl groups excluding tert-OH is 1. The van der Waals surface area contributed by atoms with Gasteiger partial charge in [0.2, 0.25) is 0 Å². The second-order valence-corrected chi connectivity index (χ2v) is 29.1. The number of phosphoric ester groups is 2. The highest BCUT2D eigenvalue weighted by atomic mass is 31.2. The first kappa shape index (κ1) is 98.9. The van der Waals surface area contributed by atoms with E-state index in [-0.39, 0.29) is 25.7 Å². The van der Waals surface area contributed by atoms with E-state index >= 15 is 0 Å². The van der Waals surface area contributed by atoms with Gasteiger partial charge < -0.3 is 33.8 Å². The van der Waals surface area contributed by atoms with Crippen LogP contribution in [-0.2, 0) is 65.4 Å². The van der Waals surface area contributed by atoms with Crippen molar-refractivity contribution in [3.63, 3.8) is 0 Å². The van der Waals surface area contributed by atoms with Crippen LogP contribution in [0.15, 0.2) is 146 Å². The lowest BCUT2D eigenvalue weighted by Gasteiger charge is -2.21. The number of carbonyl (C=O) groups excluding carboxylic acids is 4. The van der Waals surface area contributed by atoms with Crippen LogP contribution >= 0.6 is 15.6 Å². The molecule has 0 saturated heterocycles. The second kappa shape index (κ2) is 76.1. The van der Waals surface area contributed by atoms with Gasteiger partial charge in [-0.3, -0.25) is 37.3 Å². The molecule has 0 spiro atoms. The van der Waals surface area contributed by atoms with E-state index in [0.29, 0.717) is 25.7 Å². The summed E-state index contributed by atoms with van der Waals surface area (Å²) in [7, 11) is -9.98. The second-order valence-electron chi connectivity index (χ2n) is 26.2. The Balaban J connectivity index is 5.41. The molecule has 3 N–H and O–H groups in total. The van der Waals surface area contributed by atoms with E-state index in [1.54, 1.807) is 0 Å². The SMILES string of the molecule is CC/C=C\C/C=C\C/C=C\C/C=C\C/C=C\CCCCCC(=O)OCC(COP(=O)(O)OCC(O)COP(=O)(O)OCC(COC(=O)CCCCCCC/C=C\C/C=C\C/C=C\CC)OC(=O)CCCCCCC/C=C\CCCC)OC(=O)CCCCCCCC/C=C\C/C=C\C/C=C\CCCCC. The van der Waals surface area contributed by atoms with Crippen molar-refractivity contribution >= 4 is 39.5 Å². The molecule has 594 valence electrons. The third kappa shape index (κ3) is 75.2. The number of esters is 4. The minimum absolute atomic E-state index is 0.0682. The first-order chi connectivity index (χ1) is 50.7.